The Hall–Kier alpha value is -1.24. The number of carbonyl (C=O) groups is 1. The van der Waals surface area contributed by atoms with Crippen molar-refractivity contribution in [1.82, 2.24) is 9.80 Å². The number of nitrogens with zero attached hydrogens (tertiary/aromatic N) is 3. The Morgan fingerprint density at radius 3 is 1.85 bits per heavy atom. The van der Waals surface area contributed by atoms with Crippen LogP contribution in [-0.2, 0) is 4.79 Å². The summed E-state index contributed by atoms with van der Waals surface area (Å²) >= 11 is 0. The van der Waals surface area contributed by atoms with Crippen LogP contribution >= 0.6 is 0 Å². The van der Waals surface area contributed by atoms with Crippen LogP contribution < -0.4 is 0 Å². The Bertz CT molecular complexity index is 528. The Kier molecular flexibility index (Phi) is 2.52. The van der Waals surface area contributed by atoms with Crippen LogP contribution in [0.25, 0.3) is 0 Å². The molecule has 112 valence electrons. The lowest BCUT2D eigenvalue weighted by Crippen LogP contribution is -2.61. The molecular weight excluding hydrogens is 250 g/mol. The average molecular weight is 277 g/mol. The molecule has 2 atom stereocenters. The molecule has 2 aliphatic rings. The molecule has 0 N–H and O–H groups in total. The van der Waals surface area contributed by atoms with Gasteiger partial charge < -0.3 is 4.90 Å². The van der Waals surface area contributed by atoms with Crippen LogP contribution in [-0.4, -0.2) is 39.4 Å². The second kappa shape index (κ2) is 3.32. The van der Waals surface area contributed by atoms with Gasteiger partial charge in [0.2, 0.25) is 5.91 Å². The van der Waals surface area contributed by atoms with Gasteiger partial charge in [-0.25, -0.2) is 0 Å². The molecule has 0 spiro atoms. The molecule has 1 aliphatic heterocycles. The van der Waals surface area contributed by atoms with E-state index in [1.54, 1.807) is 6.92 Å². The minimum atomic E-state index is -0.399. The molecule has 1 saturated heterocycles. The van der Waals surface area contributed by atoms with E-state index in [4.69, 9.17) is 0 Å². The number of likely N-dealkylation sites (N-methyl/N-ethyl adjacent to an activating group) is 1. The number of amides is 1. The first-order chi connectivity index (χ1) is 8.80. The van der Waals surface area contributed by atoms with E-state index in [-0.39, 0.29) is 27.8 Å². The van der Waals surface area contributed by atoms with Gasteiger partial charge in [-0.2, -0.15) is 5.26 Å². The molecule has 0 aromatic heterocycles. The number of rotatable bonds is 1. The van der Waals surface area contributed by atoms with Crippen molar-refractivity contribution in [2.45, 2.75) is 72.0 Å². The zero-order valence-electron chi connectivity index (χ0n) is 14.2. The predicted octanol–water partition coefficient (Wildman–Crippen LogP) is 2.60. The largest absolute Gasteiger partial charge is 0.337 e. The van der Waals surface area contributed by atoms with E-state index < -0.39 is 5.54 Å². The fraction of sp³-hybridized carbons (Fsp3) is 0.875. The van der Waals surface area contributed by atoms with Crippen molar-refractivity contribution in [3.63, 3.8) is 0 Å². The van der Waals surface area contributed by atoms with Gasteiger partial charge in [0, 0.05) is 24.8 Å². The molecule has 0 bridgehead atoms. The van der Waals surface area contributed by atoms with E-state index in [1.807, 2.05) is 16.8 Å². The van der Waals surface area contributed by atoms with Crippen molar-refractivity contribution in [1.29, 1.82) is 5.26 Å². The average Bonchev–Trinajstić information content (AvgIpc) is 2.64. The van der Waals surface area contributed by atoms with Crippen molar-refractivity contribution in [2.24, 2.45) is 10.8 Å². The molecule has 1 heterocycles. The standard InChI is InChI=1S/C16H27N3O/c1-11(20)18(9)16-12(2,3)15(16,8)13(4,5)19(10-17)14(16,6)7/h1-9H3/t15-,16-/m0/s1. The summed E-state index contributed by atoms with van der Waals surface area (Å²) in [6, 6.07) is 0. The highest BCUT2D eigenvalue weighted by Crippen LogP contribution is 2.86. The van der Waals surface area contributed by atoms with Crippen molar-refractivity contribution in [2.75, 3.05) is 7.05 Å². The van der Waals surface area contributed by atoms with Gasteiger partial charge in [0.15, 0.2) is 6.19 Å². The minimum Gasteiger partial charge on any atom is -0.337 e. The summed E-state index contributed by atoms with van der Waals surface area (Å²) in [6.45, 7) is 16.7. The molecule has 0 unspecified atom stereocenters. The molecule has 1 amide bonds. The van der Waals surface area contributed by atoms with E-state index in [0.717, 1.165) is 0 Å². The Balaban J connectivity index is 2.79. The summed E-state index contributed by atoms with van der Waals surface area (Å²) in [5.74, 6) is 0.0606. The molecule has 1 aliphatic carbocycles. The monoisotopic (exact) mass is 277 g/mol. The summed E-state index contributed by atoms with van der Waals surface area (Å²) in [5, 5.41) is 9.67. The van der Waals surface area contributed by atoms with Gasteiger partial charge in [0.25, 0.3) is 0 Å². The van der Waals surface area contributed by atoms with Gasteiger partial charge in [-0.1, -0.05) is 20.8 Å². The van der Waals surface area contributed by atoms with Crippen LogP contribution in [0.3, 0.4) is 0 Å². The number of likely N-dealkylation sites (tertiary alicyclic amines) is 1. The number of nitriles is 1. The first kappa shape index (κ1) is 15.2. The second-order valence-electron chi connectivity index (χ2n) is 8.09. The van der Waals surface area contributed by atoms with Crippen LogP contribution in [0.15, 0.2) is 0 Å². The molecule has 20 heavy (non-hydrogen) atoms. The molecule has 0 aromatic rings. The minimum absolute atomic E-state index is 0.0409. The van der Waals surface area contributed by atoms with Gasteiger partial charge in [0.1, 0.15) is 0 Å². The highest BCUT2D eigenvalue weighted by Gasteiger charge is 2.96. The summed E-state index contributed by atoms with van der Waals surface area (Å²) in [7, 11) is 1.88. The van der Waals surface area contributed by atoms with Gasteiger partial charge in [-0.15, -0.1) is 0 Å². The molecule has 4 nitrogen and oxygen atoms in total. The van der Waals surface area contributed by atoms with Gasteiger partial charge >= 0.3 is 0 Å². The van der Waals surface area contributed by atoms with Crippen LogP contribution in [0.4, 0.5) is 0 Å². The Morgan fingerprint density at radius 1 is 1.05 bits per heavy atom. The zero-order chi connectivity index (χ0) is 15.9. The summed E-state index contributed by atoms with van der Waals surface area (Å²) in [4.78, 5) is 15.9. The maximum Gasteiger partial charge on any atom is 0.219 e. The van der Waals surface area contributed by atoms with Crippen LogP contribution in [0, 0.1) is 22.3 Å². The van der Waals surface area contributed by atoms with E-state index in [9.17, 15) is 10.1 Å². The van der Waals surface area contributed by atoms with Crippen molar-refractivity contribution >= 4 is 5.91 Å². The maximum atomic E-state index is 12.1. The Labute approximate surface area is 122 Å². The molecule has 4 heteroatoms. The fourth-order valence-electron chi connectivity index (χ4n) is 6.39. The first-order valence-electron chi connectivity index (χ1n) is 7.24. The van der Waals surface area contributed by atoms with Gasteiger partial charge in [-0.05, 0) is 27.7 Å². The first-order valence-corrected chi connectivity index (χ1v) is 7.24. The zero-order valence-corrected chi connectivity index (χ0v) is 14.2. The number of piperidine rings is 1. The van der Waals surface area contributed by atoms with E-state index in [0.29, 0.717) is 0 Å². The summed E-state index contributed by atoms with van der Waals surface area (Å²) in [6.07, 6.45) is 2.38. The van der Waals surface area contributed by atoms with E-state index in [1.165, 1.54) is 0 Å². The topological polar surface area (TPSA) is 47.3 Å². The third-order valence-corrected chi connectivity index (χ3v) is 7.12. The lowest BCUT2D eigenvalue weighted by molar-refractivity contribution is -0.134. The highest BCUT2D eigenvalue weighted by atomic mass is 16.2. The Morgan fingerprint density at radius 2 is 1.50 bits per heavy atom. The van der Waals surface area contributed by atoms with Gasteiger partial charge in [-0.3, -0.25) is 9.69 Å². The molecule has 0 radical (unpaired) electrons. The van der Waals surface area contributed by atoms with Crippen LogP contribution in [0.1, 0.15) is 55.4 Å². The smallest absolute Gasteiger partial charge is 0.219 e. The quantitative estimate of drug-likeness (QED) is 0.692. The van der Waals surface area contributed by atoms with Gasteiger partial charge in [0.05, 0.1) is 16.6 Å². The number of hydrogen-bond acceptors (Lipinski definition) is 3. The number of carbonyl (C=O) groups excluding carboxylic acids is 1. The third kappa shape index (κ3) is 0.963. The summed E-state index contributed by atoms with van der Waals surface area (Å²) < 4.78 is 0. The molecule has 2 rings (SSSR count). The lowest BCUT2D eigenvalue weighted by atomic mass is 9.79. The predicted molar refractivity (Wildman–Crippen MR) is 78.7 cm³/mol. The van der Waals surface area contributed by atoms with Crippen LogP contribution in [0.2, 0.25) is 0 Å². The number of hydrogen-bond donors (Lipinski definition) is 0. The van der Waals surface area contributed by atoms with Crippen molar-refractivity contribution in [3.8, 4) is 6.19 Å². The van der Waals surface area contributed by atoms with Crippen LogP contribution in [0.5, 0.6) is 0 Å². The highest BCUT2D eigenvalue weighted by molar-refractivity contribution is 5.77. The normalized spacial score (nSPS) is 38.9. The molecule has 0 aromatic carbocycles. The summed E-state index contributed by atoms with van der Waals surface area (Å²) in [5.41, 5.74) is -1.20. The molecular formula is C16H27N3O. The second-order valence-corrected chi connectivity index (χ2v) is 8.09. The fourth-order valence-corrected chi connectivity index (χ4v) is 6.39. The maximum absolute atomic E-state index is 12.1. The lowest BCUT2D eigenvalue weighted by Gasteiger charge is -2.48. The van der Waals surface area contributed by atoms with Crippen molar-refractivity contribution < 1.29 is 4.79 Å². The SMILES string of the molecule is CC(=O)N(C)[C@@]12C(C)(C)N(C#N)C(C)(C)[C@]1(C)C2(C)C. The third-order valence-electron chi connectivity index (χ3n) is 7.12. The molecule has 1 saturated carbocycles. The van der Waals surface area contributed by atoms with E-state index >= 15 is 0 Å². The number of fused-ring (bicyclic) bond motifs is 1. The van der Waals surface area contributed by atoms with Crippen molar-refractivity contribution in [3.05, 3.63) is 0 Å². The molecule has 2 fully saturated rings. The van der Waals surface area contributed by atoms with E-state index in [2.05, 4.69) is 54.7 Å².